The van der Waals surface area contributed by atoms with Crippen LogP contribution in [0.25, 0.3) is 0 Å². The molecule has 22 heavy (non-hydrogen) atoms. The van der Waals surface area contributed by atoms with Gasteiger partial charge in [0.25, 0.3) is 0 Å². The van der Waals surface area contributed by atoms with Crippen LogP contribution in [0.3, 0.4) is 0 Å². The van der Waals surface area contributed by atoms with Gasteiger partial charge in [-0.15, -0.1) is 0 Å². The van der Waals surface area contributed by atoms with Gasteiger partial charge in [0.1, 0.15) is 12.4 Å². The molecule has 2 aliphatic heterocycles. The summed E-state index contributed by atoms with van der Waals surface area (Å²) < 4.78 is 6.19. The molecule has 4 nitrogen and oxygen atoms in total. The maximum Gasteiger partial charge on any atom is 0.197 e. The highest BCUT2D eigenvalue weighted by Crippen LogP contribution is 2.66. The summed E-state index contributed by atoms with van der Waals surface area (Å²) in [6.45, 7) is 1.03. The molecule has 5 unspecified atom stereocenters. The van der Waals surface area contributed by atoms with Gasteiger partial charge in [0, 0.05) is 23.5 Å². The predicted molar refractivity (Wildman–Crippen MR) is 80.0 cm³/mol. The minimum atomic E-state index is -0.199. The van der Waals surface area contributed by atoms with E-state index in [1.807, 2.05) is 0 Å². The summed E-state index contributed by atoms with van der Waals surface area (Å²) in [4.78, 5) is 26.5. The van der Waals surface area contributed by atoms with Crippen molar-refractivity contribution in [3.05, 3.63) is 23.0 Å². The standard InChI is InChI=1S/C18H21NO3/c1-19-7-6-18-12-4-2-11(9-20)17(18)22-16-14(21)5-3-10(15(16)18)8-13(12)19/h2,9-10,12-13,17H,3-8H2,1H3. The first-order valence-corrected chi connectivity index (χ1v) is 8.47. The lowest BCUT2D eigenvalue weighted by Gasteiger charge is -2.59. The van der Waals surface area contributed by atoms with E-state index in [9.17, 15) is 9.59 Å². The summed E-state index contributed by atoms with van der Waals surface area (Å²) >= 11 is 0. The molecule has 2 fully saturated rings. The molecule has 116 valence electrons. The van der Waals surface area contributed by atoms with Gasteiger partial charge in [0.2, 0.25) is 0 Å². The zero-order valence-corrected chi connectivity index (χ0v) is 12.9. The summed E-state index contributed by atoms with van der Waals surface area (Å²) in [5.41, 5.74) is 1.99. The maximum absolute atomic E-state index is 12.4. The first-order chi connectivity index (χ1) is 10.7. The SMILES string of the molecule is CN1CCC23C4=C5OC2C(C=O)=CCC3C1CC4CCC5=O. The topological polar surface area (TPSA) is 46.6 Å². The van der Waals surface area contributed by atoms with Crippen molar-refractivity contribution >= 4 is 12.1 Å². The lowest BCUT2D eigenvalue weighted by Crippen LogP contribution is -2.62. The van der Waals surface area contributed by atoms with E-state index in [1.165, 1.54) is 5.57 Å². The third kappa shape index (κ3) is 1.30. The van der Waals surface area contributed by atoms with Crippen molar-refractivity contribution in [1.29, 1.82) is 0 Å². The summed E-state index contributed by atoms with van der Waals surface area (Å²) in [6, 6.07) is 0.561. The zero-order valence-electron chi connectivity index (χ0n) is 12.9. The first kappa shape index (κ1) is 13.1. The first-order valence-electron chi connectivity index (χ1n) is 8.47. The van der Waals surface area contributed by atoms with Crippen molar-refractivity contribution < 1.29 is 14.3 Å². The summed E-state index contributed by atoms with van der Waals surface area (Å²) in [5.74, 6) is 1.78. The maximum atomic E-state index is 12.4. The number of ether oxygens (including phenoxy) is 1. The predicted octanol–water partition coefficient (Wildman–Crippen LogP) is 1.86. The van der Waals surface area contributed by atoms with Gasteiger partial charge in [-0.2, -0.15) is 0 Å². The number of ketones is 1. The second-order valence-electron chi connectivity index (χ2n) is 7.64. The number of hydrogen-bond donors (Lipinski definition) is 0. The number of aldehydes is 1. The number of hydrogen-bond acceptors (Lipinski definition) is 4. The summed E-state index contributed by atoms with van der Waals surface area (Å²) in [7, 11) is 2.23. The Labute approximate surface area is 130 Å². The Bertz CT molecular complexity index is 649. The lowest BCUT2D eigenvalue weighted by molar-refractivity contribution is -0.120. The largest absolute Gasteiger partial charge is 0.481 e. The Morgan fingerprint density at radius 1 is 1.45 bits per heavy atom. The van der Waals surface area contributed by atoms with E-state index in [2.05, 4.69) is 18.0 Å². The minimum absolute atomic E-state index is 0.0729. The number of rotatable bonds is 1. The van der Waals surface area contributed by atoms with Crippen LogP contribution in [0.4, 0.5) is 0 Å². The molecular weight excluding hydrogens is 278 g/mol. The fourth-order valence-corrected chi connectivity index (χ4v) is 6.09. The highest BCUT2D eigenvalue weighted by Gasteiger charge is 2.66. The monoisotopic (exact) mass is 299 g/mol. The van der Waals surface area contributed by atoms with Crippen molar-refractivity contribution in [2.45, 2.75) is 44.2 Å². The van der Waals surface area contributed by atoms with Gasteiger partial charge in [-0.25, -0.2) is 0 Å². The average Bonchev–Trinajstić information content (AvgIpc) is 2.88. The molecule has 2 heterocycles. The fourth-order valence-electron chi connectivity index (χ4n) is 6.09. The minimum Gasteiger partial charge on any atom is -0.481 e. The van der Waals surface area contributed by atoms with Crippen molar-refractivity contribution in [1.82, 2.24) is 4.90 Å². The Morgan fingerprint density at radius 2 is 2.32 bits per heavy atom. The molecule has 0 N–H and O–H groups in total. The Kier molecular flexibility index (Phi) is 2.44. The highest BCUT2D eigenvalue weighted by molar-refractivity contribution is 5.96. The molecule has 1 saturated carbocycles. The van der Waals surface area contributed by atoms with E-state index < -0.39 is 0 Å². The average molecular weight is 299 g/mol. The van der Waals surface area contributed by atoms with Gasteiger partial charge < -0.3 is 9.64 Å². The van der Waals surface area contributed by atoms with Crippen molar-refractivity contribution in [2.75, 3.05) is 13.6 Å². The molecule has 0 aromatic rings. The van der Waals surface area contributed by atoms with Crippen LogP contribution >= 0.6 is 0 Å². The van der Waals surface area contributed by atoms with E-state index in [4.69, 9.17) is 4.74 Å². The molecule has 0 aromatic carbocycles. The Balaban J connectivity index is 1.76. The van der Waals surface area contributed by atoms with Crippen LogP contribution in [-0.4, -0.2) is 42.7 Å². The van der Waals surface area contributed by atoms with Crippen molar-refractivity contribution in [3.8, 4) is 0 Å². The van der Waals surface area contributed by atoms with Crippen molar-refractivity contribution in [3.63, 3.8) is 0 Å². The second-order valence-corrected chi connectivity index (χ2v) is 7.64. The van der Waals surface area contributed by atoms with E-state index in [-0.39, 0.29) is 17.3 Å². The molecule has 5 atom stereocenters. The normalized spacial score (nSPS) is 46.0. The quantitative estimate of drug-likeness (QED) is 0.693. The number of likely N-dealkylation sites (tertiary alicyclic amines) is 1. The molecule has 1 spiro atoms. The molecule has 5 aliphatic rings. The molecule has 2 bridgehead atoms. The fraction of sp³-hybridized carbons (Fsp3) is 0.667. The van der Waals surface area contributed by atoms with Gasteiger partial charge >= 0.3 is 0 Å². The van der Waals surface area contributed by atoms with Crippen LogP contribution in [0.15, 0.2) is 23.0 Å². The molecule has 0 aromatic heterocycles. The van der Waals surface area contributed by atoms with E-state index in [0.717, 1.165) is 44.1 Å². The van der Waals surface area contributed by atoms with Gasteiger partial charge in [0.15, 0.2) is 11.5 Å². The number of piperidine rings is 1. The smallest absolute Gasteiger partial charge is 0.197 e. The second kappa shape index (κ2) is 4.10. The molecule has 1 saturated heterocycles. The van der Waals surface area contributed by atoms with Crippen LogP contribution in [0, 0.1) is 17.3 Å². The van der Waals surface area contributed by atoms with E-state index >= 15 is 0 Å². The van der Waals surface area contributed by atoms with Gasteiger partial charge in [-0.1, -0.05) is 6.08 Å². The summed E-state index contributed by atoms with van der Waals surface area (Å²) in [6.07, 6.45) is 7.50. The number of Topliss-reactive ketones (excluding diaryl/α,β-unsaturated/α-hetero) is 1. The van der Waals surface area contributed by atoms with Gasteiger partial charge in [-0.05, 0) is 56.7 Å². The van der Waals surface area contributed by atoms with Crippen molar-refractivity contribution in [2.24, 2.45) is 17.3 Å². The number of nitrogens with zero attached hydrogens (tertiary/aromatic N) is 1. The van der Waals surface area contributed by atoms with Crippen LogP contribution in [0.2, 0.25) is 0 Å². The molecule has 4 heteroatoms. The molecule has 0 amide bonds. The third-order valence-corrected chi connectivity index (χ3v) is 6.97. The molecule has 3 aliphatic carbocycles. The van der Waals surface area contributed by atoms with E-state index in [1.54, 1.807) is 0 Å². The number of carbonyl (C=O) groups excluding carboxylic acids is 2. The van der Waals surface area contributed by atoms with Gasteiger partial charge in [-0.3, -0.25) is 9.59 Å². The number of allylic oxidation sites excluding steroid dienone is 2. The molecular formula is C18H21NO3. The van der Waals surface area contributed by atoms with E-state index in [0.29, 0.717) is 30.1 Å². The summed E-state index contributed by atoms with van der Waals surface area (Å²) in [5, 5.41) is 0. The lowest BCUT2D eigenvalue weighted by atomic mass is 9.48. The number of carbonyl (C=O) groups is 2. The van der Waals surface area contributed by atoms with Crippen LogP contribution in [-0.2, 0) is 14.3 Å². The van der Waals surface area contributed by atoms with Gasteiger partial charge in [0.05, 0.1) is 0 Å². The van der Waals surface area contributed by atoms with Crippen LogP contribution < -0.4 is 0 Å². The van der Waals surface area contributed by atoms with Crippen LogP contribution in [0.5, 0.6) is 0 Å². The molecule has 0 radical (unpaired) electrons. The Hall–Kier alpha value is -1.42. The third-order valence-electron chi connectivity index (χ3n) is 6.97. The zero-order chi connectivity index (χ0) is 15.1. The Morgan fingerprint density at radius 3 is 3.14 bits per heavy atom. The highest BCUT2D eigenvalue weighted by atomic mass is 16.5. The van der Waals surface area contributed by atoms with Crippen LogP contribution in [0.1, 0.15) is 32.1 Å². The molecule has 5 rings (SSSR count).